The highest BCUT2D eigenvalue weighted by molar-refractivity contribution is 5.97. The number of benzene rings is 2. The van der Waals surface area contributed by atoms with E-state index < -0.39 is 12.1 Å². The van der Waals surface area contributed by atoms with Gasteiger partial charge in [-0.1, -0.05) is 30.7 Å². The number of amides is 1. The molecule has 0 fully saturated rings. The Morgan fingerprint density at radius 2 is 1.87 bits per heavy atom. The maximum Gasteiger partial charge on any atom is 0.338 e. The number of carbonyl (C=O) groups excluding carboxylic acids is 2. The standard InChI is InChI=1S/C18H20N2O3/c1-3-16(17(21)20-15-9-7-12(2)8-10-15)23-18(22)13-5-4-6-14(19)11-13/h4-11,16H,3,19H2,1-2H3,(H,20,21). The van der Waals surface area contributed by atoms with Crippen molar-refractivity contribution in [1.29, 1.82) is 0 Å². The van der Waals surface area contributed by atoms with Crippen molar-refractivity contribution in [3.05, 3.63) is 59.7 Å². The van der Waals surface area contributed by atoms with Crippen molar-refractivity contribution in [1.82, 2.24) is 0 Å². The Bertz CT molecular complexity index is 696. The number of nitrogens with two attached hydrogens (primary N) is 1. The highest BCUT2D eigenvalue weighted by Gasteiger charge is 2.22. The third kappa shape index (κ3) is 4.57. The summed E-state index contributed by atoms with van der Waals surface area (Å²) in [6.07, 6.45) is -0.476. The summed E-state index contributed by atoms with van der Waals surface area (Å²) in [6.45, 7) is 3.75. The van der Waals surface area contributed by atoms with Crippen LogP contribution in [-0.2, 0) is 9.53 Å². The minimum absolute atomic E-state index is 0.326. The van der Waals surface area contributed by atoms with Crippen molar-refractivity contribution in [2.75, 3.05) is 11.1 Å². The third-order valence-electron chi connectivity index (χ3n) is 3.35. The summed E-state index contributed by atoms with van der Waals surface area (Å²) in [4.78, 5) is 24.4. The van der Waals surface area contributed by atoms with Crippen molar-refractivity contribution >= 4 is 23.3 Å². The SMILES string of the molecule is CCC(OC(=O)c1cccc(N)c1)C(=O)Nc1ccc(C)cc1. The molecule has 2 aromatic rings. The van der Waals surface area contributed by atoms with E-state index in [1.54, 1.807) is 37.3 Å². The molecular formula is C18H20N2O3. The molecule has 0 saturated carbocycles. The number of hydrogen-bond donors (Lipinski definition) is 2. The Labute approximate surface area is 135 Å². The molecule has 0 saturated heterocycles. The molecule has 0 spiro atoms. The lowest BCUT2D eigenvalue weighted by atomic mass is 10.2. The lowest BCUT2D eigenvalue weighted by molar-refractivity contribution is -0.124. The topological polar surface area (TPSA) is 81.4 Å². The van der Waals surface area contributed by atoms with Gasteiger partial charge in [-0.3, -0.25) is 4.79 Å². The van der Waals surface area contributed by atoms with Gasteiger partial charge in [-0.25, -0.2) is 4.79 Å². The average molecular weight is 312 g/mol. The number of rotatable bonds is 5. The van der Waals surface area contributed by atoms with Crippen molar-refractivity contribution in [3.63, 3.8) is 0 Å². The quantitative estimate of drug-likeness (QED) is 0.656. The molecule has 0 bridgehead atoms. The van der Waals surface area contributed by atoms with E-state index in [2.05, 4.69) is 5.32 Å². The second-order valence-corrected chi connectivity index (χ2v) is 5.28. The zero-order valence-corrected chi connectivity index (χ0v) is 13.2. The lowest BCUT2D eigenvalue weighted by Crippen LogP contribution is -2.32. The van der Waals surface area contributed by atoms with Crippen LogP contribution in [0.5, 0.6) is 0 Å². The van der Waals surface area contributed by atoms with Crippen LogP contribution >= 0.6 is 0 Å². The van der Waals surface area contributed by atoms with Gasteiger partial charge in [-0.2, -0.15) is 0 Å². The van der Waals surface area contributed by atoms with E-state index in [1.807, 2.05) is 19.1 Å². The van der Waals surface area contributed by atoms with E-state index >= 15 is 0 Å². The molecule has 5 nitrogen and oxygen atoms in total. The van der Waals surface area contributed by atoms with Crippen LogP contribution in [0, 0.1) is 6.92 Å². The number of esters is 1. The van der Waals surface area contributed by atoms with Crippen LogP contribution in [0.4, 0.5) is 11.4 Å². The van der Waals surface area contributed by atoms with Gasteiger partial charge in [0.15, 0.2) is 6.10 Å². The Balaban J connectivity index is 2.02. The summed E-state index contributed by atoms with van der Waals surface area (Å²) in [5.41, 5.74) is 8.21. The predicted molar refractivity (Wildman–Crippen MR) is 90.2 cm³/mol. The molecule has 5 heteroatoms. The van der Waals surface area contributed by atoms with Crippen LogP contribution in [0.2, 0.25) is 0 Å². The molecule has 23 heavy (non-hydrogen) atoms. The van der Waals surface area contributed by atoms with E-state index in [1.165, 1.54) is 6.07 Å². The Morgan fingerprint density at radius 1 is 1.17 bits per heavy atom. The molecular weight excluding hydrogens is 292 g/mol. The molecule has 0 heterocycles. The van der Waals surface area contributed by atoms with E-state index in [4.69, 9.17) is 10.5 Å². The molecule has 0 aliphatic heterocycles. The van der Waals surface area contributed by atoms with Crippen LogP contribution in [0.15, 0.2) is 48.5 Å². The summed E-state index contributed by atoms with van der Waals surface area (Å²) < 4.78 is 5.29. The normalized spacial score (nSPS) is 11.6. The highest BCUT2D eigenvalue weighted by atomic mass is 16.5. The molecule has 2 rings (SSSR count). The molecule has 0 aromatic heterocycles. The zero-order chi connectivity index (χ0) is 16.8. The van der Waals surface area contributed by atoms with Crippen LogP contribution in [0.1, 0.15) is 29.3 Å². The van der Waals surface area contributed by atoms with Crippen LogP contribution in [-0.4, -0.2) is 18.0 Å². The van der Waals surface area contributed by atoms with Gasteiger partial charge in [-0.05, 0) is 43.7 Å². The Kier molecular flexibility index (Phi) is 5.36. The van der Waals surface area contributed by atoms with Crippen LogP contribution < -0.4 is 11.1 Å². The number of anilines is 2. The Morgan fingerprint density at radius 3 is 2.48 bits per heavy atom. The molecule has 120 valence electrons. The summed E-state index contributed by atoms with van der Waals surface area (Å²) >= 11 is 0. The number of aryl methyl sites for hydroxylation is 1. The fourth-order valence-electron chi connectivity index (χ4n) is 2.04. The molecule has 3 N–H and O–H groups in total. The summed E-state index contributed by atoms with van der Waals surface area (Å²) in [5.74, 6) is -0.920. The van der Waals surface area contributed by atoms with Crippen molar-refractivity contribution in [3.8, 4) is 0 Å². The first-order chi connectivity index (χ1) is 11.0. The van der Waals surface area contributed by atoms with Crippen LogP contribution in [0.25, 0.3) is 0 Å². The lowest BCUT2D eigenvalue weighted by Gasteiger charge is -2.16. The number of carbonyl (C=O) groups is 2. The summed E-state index contributed by atoms with van der Waals surface area (Å²) in [6, 6.07) is 13.9. The molecule has 0 aliphatic rings. The van der Waals surface area contributed by atoms with Crippen molar-refractivity contribution in [2.45, 2.75) is 26.4 Å². The van der Waals surface area contributed by atoms with Gasteiger partial charge in [0.2, 0.25) is 0 Å². The zero-order valence-electron chi connectivity index (χ0n) is 13.2. The molecule has 1 atom stereocenters. The van der Waals surface area contributed by atoms with E-state index in [0.29, 0.717) is 23.4 Å². The first kappa shape index (κ1) is 16.5. The van der Waals surface area contributed by atoms with Gasteiger partial charge < -0.3 is 15.8 Å². The van der Waals surface area contributed by atoms with Gasteiger partial charge in [0.1, 0.15) is 0 Å². The van der Waals surface area contributed by atoms with Crippen molar-refractivity contribution < 1.29 is 14.3 Å². The fraction of sp³-hybridized carbons (Fsp3) is 0.222. The number of hydrogen-bond acceptors (Lipinski definition) is 4. The predicted octanol–water partition coefficient (Wildman–Crippen LogP) is 3.15. The smallest absolute Gasteiger partial charge is 0.338 e. The van der Waals surface area contributed by atoms with Gasteiger partial charge in [0, 0.05) is 11.4 Å². The molecule has 1 amide bonds. The minimum atomic E-state index is -0.856. The van der Waals surface area contributed by atoms with E-state index in [9.17, 15) is 9.59 Å². The molecule has 2 aromatic carbocycles. The van der Waals surface area contributed by atoms with Gasteiger partial charge in [0.25, 0.3) is 5.91 Å². The largest absolute Gasteiger partial charge is 0.449 e. The monoisotopic (exact) mass is 312 g/mol. The van der Waals surface area contributed by atoms with E-state index in [-0.39, 0.29) is 5.91 Å². The average Bonchev–Trinajstić information content (AvgIpc) is 2.54. The van der Waals surface area contributed by atoms with E-state index in [0.717, 1.165) is 5.56 Å². The molecule has 0 radical (unpaired) electrons. The maximum absolute atomic E-state index is 12.2. The van der Waals surface area contributed by atoms with Gasteiger partial charge in [0.05, 0.1) is 5.56 Å². The van der Waals surface area contributed by atoms with Crippen LogP contribution in [0.3, 0.4) is 0 Å². The summed E-state index contributed by atoms with van der Waals surface area (Å²) in [5, 5.41) is 2.75. The third-order valence-corrected chi connectivity index (χ3v) is 3.35. The number of nitrogen functional groups attached to an aromatic ring is 1. The van der Waals surface area contributed by atoms with Gasteiger partial charge >= 0.3 is 5.97 Å². The fourth-order valence-corrected chi connectivity index (χ4v) is 2.04. The number of ether oxygens (including phenoxy) is 1. The van der Waals surface area contributed by atoms with Crippen molar-refractivity contribution in [2.24, 2.45) is 0 Å². The number of nitrogens with one attached hydrogen (secondary N) is 1. The Hall–Kier alpha value is -2.82. The minimum Gasteiger partial charge on any atom is -0.449 e. The first-order valence-electron chi connectivity index (χ1n) is 7.43. The first-order valence-corrected chi connectivity index (χ1v) is 7.43. The highest BCUT2D eigenvalue weighted by Crippen LogP contribution is 2.13. The second-order valence-electron chi connectivity index (χ2n) is 5.28. The summed E-state index contributed by atoms with van der Waals surface area (Å²) in [7, 11) is 0. The molecule has 1 unspecified atom stereocenters. The van der Waals surface area contributed by atoms with Gasteiger partial charge in [-0.15, -0.1) is 0 Å². The maximum atomic E-state index is 12.2. The second kappa shape index (κ2) is 7.45. The molecule has 0 aliphatic carbocycles.